The molecule has 0 radical (unpaired) electrons. The van der Waals surface area contributed by atoms with E-state index in [1.807, 2.05) is 17.0 Å². The Hall–Kier alpha value is -2.61. The Morgan fingerprint density at radius 1 is 1.22 bits per heavy atom. The van der Waals surface area contributed by atoms with Crippen LogP contribution in [0, 0.1) is 17.8 Å². The molecule has 0 bridgehead atoms. The zero-order valence-electron chi connectivity index (χ0n) is 12.7. The number of fused-ring (bicyclic) bond motifs is 1. The van der Waals surface area contributed by atoms with E-state index in [4.69, 9.17) is 0 Å². The highest BCUT2D eigenvalue weighted by molar-refractivity contribution is 6.12. The Bertz CT molecular complexity index is 751. The lowest BCUT2D eigenvalue weighted by Gasteiger charge is -2.13. The first-order valence-corrected chi connectivity index (χ1v) is 8.03. The minimum absolute atomic E-state index is 0.0558. The Kier molecular flexibility index (Phi) is 3.38. The van der Waals surface area contributed by atoms with E-state index in [0.29, 0.717) is 17.4 Å². The van der Waals surface area contributed by atoms with Gasteiger partial charge >= 0.3 is 0 Å². The van der Waals surface area contributed by atoms with Crippen molar-refractivity contribution in [1.29, 1.82) is 0 Å². The molecule has 0 spiro atoms. The monoisotopic (exact) mass is 307 g/mol. The molecule has 2 heterocycles. The summed E-state index contributed by atoms with van der Waals surface area (Å²) in [4.78, 5) is 30.1. The zero-order chi connectivity index (χ0) is 15.8. The third-order valence-corrected chi connectivity index (χ3v) is 4.40. The van der Waals surface area contributed by atoms with Crippen LogP contribution in [0.1, 0.15) is 41.6 Å². The molecule has 0 aromatic heterocycles. The molecule has 1 aromatic carbocycles. The van der Waals surface area contributed by atoms with Crippen LogP contribution in [-0.4, -0.2) is 35.3 Å². The number of amides is 2. The molecular formula is C18H17N3O2. The summed E-state index contributed by atoms with van der Waals surface area (Å²) in [6.07, 6.45) is 4.18. The molecule has 1 N–H and O–H groups in total. The molecule has 1 unspecified atom stereocenters. The first-order valence-electron chi connectivity index (χ1n) is 8.03. The number of carbonyl (C=O) groups excluding carboxylic acids is 2. The molecular weight excluding hydrogens is 290 g/mol. The van der Waals surface area contributed by atoms with E-state index in [9.17, 15) is 9.59 Å². The van der Waals surface area contributed by atoms with Gasteiger partial charge in [0.25, 0.3) is 5.91 Å². The average Bonchev–Trinajstić information content (AvgIpc) is 3.17. The summed E-state index contributed by atoms with van der Waals surface area (Å²) in [5.41, 5.74) is 1.42. The molecule has 1 saturated carbocycles. The number of carbonyl (C=O) groups is 2. The maximum absolute atomic E-state index is 12.3. The lowest BCUT2D eigenvalue weighted by Crippen LogP contribution is -2.31. The molecule has 2 aliphatic heterocycles. The summed E-state index contributed by atoms with van der Waals surface area (Å²) < 4.78 is 0. The van der Waals surface area contributed by atoms with Gasteiger partial charge in [-0.05, 0) is 49.9 Å². The maximum atomic E-state index is 12.3. The van der Waals surface area contributed by atoms with Gasteiger partial charge in [0.05, 0.1) is 0 Å². The molecule has 5 heteroatoms. The summed E-state index contributed by atoms with van der Waals surface area (Å²) in [7, 11) is 0. The van der Waals surface area contributed by atoms with Crippen molar-refractivity contribution in [3.8, 4) is 11.8 Å². The molecule has 1 atom stereocenters. The van der Waals surface area contributed by atoms with Crippen molar-refractivity contribution in [3.05, 3.63) is 35.4 Å². The van der Waals surface area contributed by atoms with E-state index in [1.165, 1.54) is 12.8 Å². The smallest absolute Gasteiger partial charge is 0.280 e. The molecule has 3 aliphatic rings. The number of nitrogens with one attached hydrogen (secondary N) is 1. The molecule has 116 valence electrons. The summed E-state index contributed by atoms with van der Waals surface area (Å²) >= 11 is 0. The summed E-state index contributed by atoms with van der Waals surface area (Å²) in [6, 6.07) is 7.01. The fraction of sp³-hybridized carbons (Fsp3) is 0.389. The minimum atomic E-state index is -0.338. The van der Waals surface area contributed by atoms with Gasteiger partial charge in [-0.2, -0.15) is 4.99 Å². The quantitative estimate of drug-likeness (QED) is 0.801. The standard InChI is InChI=1S/C18H17N3O2/c22-16(19-18-20-17(23)15-2-1-11-21(15)18)14-9-7-13(8-10-14)6-5-12-3-4-12/h7-10,12,15H,1-4,11H2,(H,19,20,22,23). The number of hydrogen-bond donors (Lipinski definition) is 1. The van der Waals surface area contributed by atoms with E-state index in [-0.39, 0.29) is 17.9 Å². The van der Waals surface area contributed by atoms with Crippen molar-refractivity contribution in [2.45, 2.75) is 31.7 Å². The number of nitrogens with zero attached hydrogens (tertiary/aromatic N) is 2. The van der Waals surface area contributed by atoms with E-state index in [1.54, 1.807) is 12.1 Å². The number of rotatable bonds is 1. The lowest BCUT2D eigenvalue weighted by molar-refractivity contribution is -0.120. The van der Waals surface area contributed by atoms with Gasteiger partial charge in [-0.15, -0.1) is 0 Å². The van der Waals surface area contributed by atoms with Crippen molar-refractivity contribution >= 4 is 17.8 Å². The normalized spacial score (nSPS) is 24.2. The third-order valence-electron chi connectivity index (χ3n) is 4.40. The second-order valence-electron chi connectivity index (χ2n) is 6.20. The van der Waals surface area contributed by atoms with Gasteiger partial charge in [-0.25, -0.2) is 0 Å². The fourth-order valence-corrected chi connectivity index (χ4v) is 2.92. The molecule has 1 aromatic rings. The molecule has 2 amide bonds. The van der Waals surface area contributed by atoms with Crippen molar-refractivity contribution in [3.63, 3.8) is 0 Å². The van der Waals surface area contributed by atoms with Gasteiger partial charge in [0.1, 0.15) is 6.04 Å². The third kappa shape index (κ3) is 2.85. The first kappa shape index (κ1) is 14.0. The van der Waals surface area contributed by atoms with E-state index in [2.05, 4.69) is 22.2 Å². The van der Waals surface area contributed by atoms with Crippen molar-refractivity contribution in [2.75, 3.05) is 6.54 Å². The van der Waals surface area contributed by atoms with Crippen LogP contribution < -0.4 is 5.32 Å². The van der Waals surface area contributed by atoms with Crippen molar-refractivity contribution in [2.24, 2.45) is 10.9 Å². The van der Waals surface area contributed by atoms with Crippen LogP contribution in [0.15, 0.2) is 29.3 Å². The topological polar surface area (TPSA) is 61.8 Å². The van der Waals surface area contributed by atoms with Crippen molar-refractivity contribution in [1.82, 2.24) is 10.2 Å². The van der Waals surface area contributed by atoms with Gasteiger partial charge in [0.2, 0.25) is 11.9 Å². The Morgan fingerprint density at radius 3 is 2.74 bits per heavy atom. The molecule has 4 rings (SSSR count). The fourth-order valence-electron chi connectivity index (χ4n) is 2.92. The van der Waals surface area contributed by atoms with Crippen LogP contribution >= 0.6 is 0 Å². The average molecular weight is 307 g/mol. The summed E-state index contributed by atoms with van der Waals surface area (Å²) in [6.45, 7) is 0.769. The van der Waals surface area contributed by atoms with E-state index < -0.39 is 0 Å². The Balaban J connectivity index is 1.49. The second kappa shape index (κ2) is 5.54. The zero-order valence-corrected chi connectivity index (χ0v) is 12.7. The van der Waals surface area contributed by atoms with Gasteiger partial charge < -0.3 is 4.90 Å². The predicted octanol–water partition coefficient (Wildman–Crippen LogP) is 1.54. The van der Waals surface area contributed by atoms with Gasteiger partial charge in [0, 0.05) is 23.6 Å². The van der Waals surface area contributed by atoms with Crippen LogP contribution in [-0.2, 0) is 4.79 Å². The first-order chi connectivity index (χ1) is 11.2. The molecule has 2 saturated heterocycles. The maximum Gasteiger partial charge on any atom is 0.280 e. The number of aliphatic imine (C=N–C) groups is 1. The van der Waals surface area contributed by atoms with Crippen molar-refractivity contribution < 1.29 is 9.59 Å². The predicted molar refractivity (Wildman–Crippen MR) is 85.7 cm³/mol. The van der Waals surface area contributed by atoms with Gasteiger partial charge in [0.15, 0.2) is 0 Å². The highest BCUT2D eigenvalue weighted by Crippen LogP contribution is 2.27. The van der Waals surface area contributed by atoms with Crippen LogP contribution in [0.3, 0.4) is 0 Å². The molecule has 3 fully saturated rings. The second-order valence-corrected chi connectivity index (χ2v) is 6.20. The van der Waals surface area contributed by atoms with E-state index >= 15 is 0 Å². The summed E-state index contributed by atoms with van der Waals surface area (Å²) in [5, 5.41) is 2.70. The highest BCUT2D eigenvalue weighted by atomic mass is 16.2. The van der Waals surface area contributed by atoms with Crippen LogP contribution in [0.2, 0.25) is 0 Å². The molecule has 23 heavy (non-hydrogen) atoms. The minimum Gasteiger partial charge on any atom is -0.330 e. The molecule has 5 nitrogen and oxygen atoms in total. The largest absolute Gasteiger partial charge is 0.330 e. The molecule has 1 aliphatic carbocycles. The van der Waals surface area contributed by atoms with Gasteiger partial charge in [-0.1, -0.05) is 11.8 Å². The van der Waals surface area contributed by atoms with Crippen LogP contribution in [0.25, 0.3) is 0 Å². The number of guanidine groups is 1. The SMILES string of the molecule is O=C(N=C1NC(=O)C2CCCN12)c1ccc(C#CC2CC2)cc1. The van der Waals surface area contributed by atoms with Crippen LogP contribution in [0.5, 0.6) is 0 Å². The lowest BCUT2D eigenvalue weighted by atomic mass is 10.1. The number of benzene rings is 1. The van der Waals surface area contributed by atoms with Crippen LogP contribution in [0.4, 0.5) is 0 Å². The van der Waals surface area contributed by atoms with Gasteiger partial charge in [-0.3, -0.25) is 14.9 Å². The number of hydrogen-bond acceptors (Lipinski definition) is 2. The summed E-state index contributed by atoms with van der Waals surface area (Å²) in [5.74, 6) is 6.87. The highest BCUT2D eigenvalue weighted by Gasteiger charge is 2.40. The Morgan fingerprint density at radius 2 is 2.00 bits per heavy atom. The Labute approximate surface area is 134 Å². The van der Waals surface area contributed by atoms with E-state index in [0.717, 1.165) is 24.9 Å².